The summed E-state index contributed by atoms with van der Waals surface area (Å²) in [6, 6.07) is 0. The SMILES string of the molecule is CCCCCC1CCSS1.CCCCCC1CCSS1. The average Bonchev–Trinajstić information content (AvgIpc) is 3.13. The predicted octanol–water partition coefficient (Wildman–Crippen LogP) is 7.44. The highest BCUT2D eigenvalue weighted by Crippen LogP contribution is 2.40. The second-order valence-corrected chi connectivity index (χ2v) is 11.2. The quantitative estimate of drug-likeness (QED) is 0.328. The van der Waals surface area contributed by atoms with Crippen LogP contribution in [0.1, 0.15) is 78.1 Å². The van der Waals surface area contributed by atoms with Gasteiger partial charge in [-0.05, 0) is 25.7 Å². The summed E-state index contributed by atoms with van der Waals surface area (Å²) >= 11 is 0. The highest BCUT2D eigenvalue weighted by Gasteiger charge is 2.15. The van der Waals surface area contributed by atoms with Gasteiger partial charge in [0.25, 0.3) is 0 Å². The Morgan fingerprint density at radius 2 is 1.15 bits per heavy atom. The summed E-state index contributed by atoms with van der Waals surface area (Å²) in [4.78, 5) is 0. The van der Waals surface area contributed by atoms with Gasteiger partial charge < -0.3 is 0 Å². The van der Waals surface area contributed by atoms with E-state index in [2.05, 4.69) is 57.0 Å². The van der Waals surface area contributed by atoms with Gasteiger partial charge in [-0.2, -0.15) is 0 Å². The molecule has 0 amide bonds. The van der Waals surface area contributed by atoms with Gasteiger partial charge in [0.1, 0.15) is 0 Å². The topological polar surface area (TPSA) is 0 Å². The fourth-order valence-electron chi connectivity index (χ4n) is 2.37. The minimum atomic E-state index is 0.997. The molecule has 120 valence electrons. The van der Waals surface area contributed by atoms with Gasteiger partial charge in [0.15, 0.2) is 0 Å². The molecule has 0 radical (unpaired) electrons. The summed E-state index contributed by atoms with van der Waals surface area (Å²) in [7, 11) is 8.33. The Labute approximate surface area is 142 Å². The molecule has 4 heteroatoms. The Morgan fingerprint density at radius 1 is 0.700 bits per heavy atom. The molecule has 2 saturated heterocycles. The van der Waals surface area contributed by atoms with Gasteiger partial charge in [-0.15, -0.1) is 0 Å². The van der Waals surface area contributed by atoms with Crippen molar-refractivity contribution < 1.29 is 0 Å². The first-order valence-electron chi connectivity index (χ1n) is 8.43. The first-order chi connectivity index (χ1) is 9.86. The fourth-order valence-corrected chi connectivity index (χ4v) is 8.43. The molecule has 0 saturated carbocycles. The third-order valence-electron chi connectivity index (χ3n) is 3.71. The maximum Gasteiger partial charge on any atom is 0.0159 e. The van der Waals surface area contributed by atoms with Gasteiger partial charge in [0.05, 0.1) is 0 Å². The van der Waals surface area contributed by atoms with Crippen LogP contribution < -0.4 is 0 Å². The van der Waals surface area contributed by atoms with Crippen LogP contribution in [0, 0.1) is 0 Å². The van der Waals surface area contributed by atoms with Crippen molar-refractivity contribution in [1.82, 2.24) is 0 Å². The van der Waals surface area contributed by atoms with Crippen LogP contribution in [0.15, 0.2) is 0 Å². The summed E-state index contributed by atoms with van der Waals surface area (Å²) in [5.74, 6) is 2.78. The summed E-state index contributed by atoms with van der Waals surface area (Å²) < 4.78 is 0. The molecule has 0 N–H and O–H groups in total. The molecule has 0 aliphatic carbocycles. The maximum absolute atomic E-state index is 2.27. The molecule has 2 unspecified atom stereocenters. The highest BCUT2D eigenvalue weighted by molar-refractivity contribution is 8.77. The minimum absolute atomic E-state index is 0.997. The molecule has 0 nitrogen and oxygen atoms in total. The lowest BCUT2D eigenvalue weighted by Crippen LogP contribution is -1.96. The zero-order valence-electron chi connectivity index (χ0n) is 13.3. The van der Waals surface area contributed by atoms with Gasteiger partial charge in [0.2, 0.25) is 0 Å². The standard InChI is InChI=1S/2C8H16S2/c2*1-2-3-4-5-8-6-7-9-10-8/h2*8H,2-7H2,1H3. The molecule has 0 aromatic rings. The van der Waals surface area contributed by atoms with Crippen molar-refractivity contribution in [3.05, 3.63) is 0 Å². The molecule has 0 aromatic carbocycles. The van der Waals surface area contributed by atoms with E-state index in [1.807, 2.05) is 0 Å². The van der Waals surface area contributed by atoms with E-state index in [-0.39, 0.29) is 0 Å². The number of hydrogen-bond donors (Lipinski definition) is 0. The Hall–Kier alpha value is 1.40. The van der Waals surface area contributed by atoms with Crippen molar-refractivity contribution in [1.29, 1.82) is 0 Å². The Balaban J connectivity index is 0.000000200. The van der Waals surface area contributed by atoms with Crippen LogP contribution in [0.2, 0.25) is 0 Å². The molecule has 2 rings (SSSR count). The number of hydrogen-bond acceptors (Lipinski definition) is 4. The monoisotopic (exact) mass is 352 g/mol. The van der Waals surface area contributed by atoms with E-state index in [0.29, 0.717) is 0 Å². The fraction of sp³-hybridized carbons (Fsp3) is 1.00. The molecule has 2 aliphatic heterocycles. The van der Waals surface area contributed by atoms with E-state index in [9.17, 15) is 0 Å². The average molecular weight is 353 g/mol. The number of rotatable bonds is 8. The molecule has 0 bridgehead atoms. The normalized spacial score (nSPS) is 25.5. The van der Waals surface area contributed by atoms with Crippen molar-refractivity contribution in [3.63, 3.8) is 0 Å². The summed E-state index contributed by atoms with van der Waals surface area (Å²) in [6.45, 7) is 4.55. The molecule has 2 fully saturated rings. The first kappa shape index (κ1) is 19.4. The molecule has 20 heavy (non-hydrogen) atoms. The van der Waals surface area contributed by atoms with E-state index in [1.165, 1.54) is 75.7 Å². The zero-order valence-corrected chi connectivity index (χ0v) is 16.5. The van der Waals surface area contributed by atoms with Gasteiger partial charge in [-0.3, -0.25) is 0 Å². The highest BCUT2D eigenvalue weighted by atomic mass is 33.1. The van der Waals surface area contributed by atoms with E-state index < -0.39 is 0 Å². The van der Waals surface area contributed by atoms with Crippen LogP contribution >= 0.6 is 43.2 Å². The van der Waals surface area contributed by atoms with Crippen molar-refractivity contribution >= 4 is 43.2 Å². The third-order valence-corrected chi connectivity index (χ3v) is 9.73. The predicted molar refractivity (Wildman–Crippen MR) is 105 cm³/mol. The van der Waals surface area contributed by atoms with Gasteiger partial charge in [0, 0.05) is 22.0 Å². The minimum Gasteiger partial charge on any atom is -0.0938 e. The smallest absolute Gasteiger partial charge is 0.0159 e. The Morgan fingerprint density at radius 3 is 1.45 bits per heavy atom. The van der Waals surface area contributed by atoms with Crippen LogP contribution in [0.4, 0.5) is 0 Å². The van der Waals surface area contributed by atoms with Crippen molar-refractivity contribution in [2.75, 3.05) is 11.5 Å². The van der Waals surface area contributed by atoms with E-state index >= 15 is 0 Å². The van der Waals surface area contributed by atoms with Crippen LogP contribution in [0.25, 0.3) is 0 Å². The third kappa shape index (κ3) is 10.2. The van der Waals surface area contributed by atoms with Crippen LogP contribution in [0.5, 0.6) is 0 Å². The molecular formula is C16H32S4. The molecule has 2 heterocycles. The molecule has 2 atom stereocenters. The van der Waals surface area contributed by atoms with E-state index in [0.717, 1.165) is 10.5 Å². The van der Waals surface area contributed by atoms with Crippen LogP contribution in [-0.4, -0.2) is 22.0 Å². The second kappa shape index (κ2) is 14.0. The van der Waals surface area contributed by atoms with Crippen LogP contribution in [-0.2, 0) is 0 Å². The van der Waals surface area contributed by atoms with Gasteiger partial charge in [-0.1, -0.05) is 95.5 Å². The Kier molecular flexibility index (Phi) is 13.6. The molecular weight excluding hydrogens is 320 g/mol. The number of unbranched alkanes of at least 4 members (excludes halogenated alkanes) is 4. The molecule has 2 aliphatic rings. The van der Waals surface area contributed by atoms with Gasteiger partial charge >= 0.3 is 0 Å². The maximum atomic E-state index is 2.27. The van der Waals surface area contributed by atoms with Crippen molar-refractivity contribution in [2.24, 2.45) is 0 Å². The van der Waals surface area contributed by atoms with E-state index in [1.54, 1.807) is 0 Å². The molecule has 0 spiro atoms. The summed E-state index contributed by atoms with van der Waals surface area (Å²) in [5.41, 5.74) is 0. The molecule has 0 aromatic heterocycles. The van der Waals surface area contributed by atoms with Crippen molar-refractivity contribution in [2.45, 2.75) is 88.6 Å². The van der Waals surface area contributed by atoms with Gasteiger partial charge in [-0.25, -0.2) is 0 Å². The largest absolute Gasteiger partial charge is 0.0938 e. The van der Waals surface area contributed by atoms with Crippen molar-refractivity contribution in [3.8, 4) is 0 Å². The zero-order chi connectivity index (χ0) is 14.5. The summed E-state index contributed by atoms with van der Waals surface area (Å²) in [6.07, 6.45) is 14.3. The summed E-state index contributed by atoms with van der Waals surface area (Å²) in [5, 5.41) is 1.99. The van der Waals surface area contributed by atoms with Crippen LogP contribution in [0.3, 0.4) is 0 Å². The lowest BCUT2D eigenvalue weighted by molar-refractivity contribution is 0.642. The lowest BCUT2D eigenvalue weighted by Gasteiger charge is -2.04. The Bertz CT molecular complexity index is 177. The first-order valence-corrected chi connectivity index (χ1v) is 13.2. The lowest BCUT2D eigenvalue weighted by atomic mass is 10.1. The second-order valence-electron chi connectivity index (χ2n) is 5.65. The van der Waals surface area contributed by atoms with E-state index in [4.69, 9.17) is 0 Å².